The molecule has 0 aromatic heterocycles. The Morgan fingerprint density at radius 3 is 2.48 bits per heavy atom. The molecule has 0 spiro atoms. The number of nitrogens with one attached hydrogen (secondary N) is 1. The van der Waals surface area contributed by atoms with Crippen molar-refractivity contribution in [2.45, 2.75) is 13.0 Å². The van der Waals surface area contributed by atoms with E-state index in [9.17, 15) is 13.6 Å². The highest BCUT2D eigenvalue weighted by molar-refractivity contribution is 9.10. The molecule has 2 rings (SSSR count). The predicted octanol–water partition coefficient (Wildman–Crippen LogP) is 3.80. The van der Waals surface area contributed by atoms with E-state index in [1.807, 2.05) is 0 Å². The van der Waals surface area contributed by atoms with Crippen molar-refractivity contribution in [3.8, 4) is 0 Å². The van der Waals surface area contributed by atoms with Gasteiger partial charge in [-0.15, -0.1) is 0 Å². The lowest BCUT2D eigenvalue weighted by atomic mass is 10.1. The number of anilines is 1. The lowest BCUT2D eigenvalue weighted by molar-refractivity contribution is 0.0938. The van der Waals surface area contributed by atoms with Gasteiger partial charge in [0.1, 0.15) is 11.6 Å². The molecule has 1 atom stereocenters. The smallest absolute Gasteiger partial charge is 0.252 e. The molecular weight excluding hydrogens is 342 g/mol. The summed E-state index contributed by atoms with van der Waals surface area (Å²) in [4.78, 5) is 12.2. The summed E-state index contributed by atoms with van der Waals surface area (Å²) in [6.07, 6.45) is 0. The lowest BCUT2D eigenvalue weighted by Gasteiger charge is -2.16. The molecule has 21 heavy (non-hydrogen) atoms. The van der Waals surface area contributed by atoms with Crippen molar-refractivity contribution in [3.63, 3.8) is 0 Å². The highest BCUT2D eigenvalue weighted by Crippen LogP contribution is 2.23. The van der Waals surface area contributed by atoms with E-state index in [0.29, 0.717) is 15.7 Å². The fraction of sp³-hybridized carbons (Fsp3) is 0.133. The first-order chi connectivity index (χ1) is 9.90. The second-order valence-electron chi connectivity index (χ2n) is 4.57. The molecule has 110 valence electrons. The summed E-state index contributed by atoms with van der Waals surface area (Å²) < 4.78 is 27.9. The third-order valence-corrected chi connectivity index (χ3v) is 3.71. The Kier molecular flexibility index (Phi) is 4.57. The van der Waals surface area contributed by atoms with Crippen LogP contribution in [0.4, 0.5) is 14.5 Å². The highest BCUT2D eigenvalue weighted by Gasteiger charge is 2.19. The first-order valence-electron chi connectivity index (χ1n) is 6.20. The molecule has 0 aliphatic carbocycles. The number of hydrogen-bond donors (Lipinski definition) is 2. The summed E-state index contributed by atoms with van der Waals surface area (Å²) in [7, 11) is 0. The summed E-state index contributed by atoms with van der Waals surface area (Å²) in [5.41, 5.74) is 6.19. The van der Waals surface area contributed by atoms with Crippen molar-refractivity contribution < 1.29 is 13.6 Å². The molecule has 2 aromatic carbocycles. The fourth-order valence-corrected chi connectivity index (χ4v) is 2.41. The Bertz CT molecular complexity index is 671. The molecule has 0 heterocycles. The van der Waals surface area contributed by atoms with Gasteiger partial charge < -0.3 is 11.1 Å². The first-order valence-corrected chi connectivity index (χ1v) is 6.99. The van der Waals surface area contributed by atoms with Crippen LogP contribution in [0.15, 0.2) is 40.9 Å². The van der Waals surface area contributed by atoms with Gasteiger partial charge in [-0.1, -0.05) is 6.07 Å². The fourth-order valence-electron chi connectivity index (χ4n) is 1.99. The van der Waals surface area contributed by atoms with Crippen molar-refractivity contribution in [1.29, 1.82) is 0 Å². The van der Waals surface area contributed by atoms with E-state index in [4.69, 9.17) is 5.73 Å². The zero-order chi connectivity index (χ0) is 15.6. The summed E-state index contributed by atoms with van der Waals surface area (Å²) in [6.45, 7) is 1.51. The molecular formula is C15H13BrF2N2O. The van der Waals surface area contributed by atoms with Gasteiger partial charge in [0.25, 0.3) is 5.91 Å². The Morgan fingerprint density at radius 1 is 1.24 bits per heavy atom. The van der Waals surface area contributed by atoms with E-state index < -0.39 is 23.6 Å². The maximum absolute atomic E-state index is 13.7. The van der Waals surface area contributed by atoms with Gasteiger partial charge in [-0.25, -0.2) is 8.78 Å². The monoisotopic (exact) mass is 354 g/mol. The quantitative estimate of drug-likeness (QED) is 0.823. The molecule has 6 heteroatoms. The molecule has 1 unspecified atom stereocenters. The number of carbonyl (C=O) groups is 1. The minimum absolute atomic E-state index is 0.175. The third kappa shape index (κ3) is 3.39. The molecule has 3 nitrogen and oxygen atoms in total. The van der Waals surface area contributed by atoms with Crippen LogP contribution in [0.5, 0.6) is 0 Å². The van der Waals surface area contributed by atoms with Crippen LogP contribution in [0.2, 0.25) is 0 Å². The van der Waals surface area contributed by atoms with Crippen LogP contribution in [-0.4, -0.2) is 5.91 Å². The average molecular weight is 355 g/mol. The van der Waals surface area contributed by atoms with E-state index >= 15 is 0 Å². The van der Waals surface area contributed by atoms with Gasteiger partial charge in [0.15, 0.2) is 0 Å². The Labute approximate surface area is 129 Å². The minimum Gasteiger partial charge on any atom is -0.399 e. The minimum atomic E-state index is -0.813. The van der Waals surface area contributed by atoms with E-state index in [1.54, 1.807) is 12.1 Å². The van der Waals surface area contributed by atoms with Gasteiger partial charge in [-0.2, -0.15) is 0 Å². The predicted molar refractivity (Wildman–Crippen MR) is 80.8 cm³/mol. The zero-order valence-corrected chi connectivity index (χ0v) is 12.7. The number of nitrogens with two attached hydrogens (primary N) is 1. The van der Waals surface area contributed by atoms with Crippen molar-refractivity contribution in [3.05, 3.63) is 63.6 Å². The topological polar surface area (TPSA) is 55.1 Å². The van der Waals surface area contributed by atoms with Gasteiger partial charge in [0.05, 0.1) is 11.6 Å². The second-order valence-corrected chi connectivity index (χ2v) is 5.42. The van der Waals surface area contributed by atoms with E-state index in [2.05, 4.69) is 21.2 Å². The van der Waals surface area contributed by atoms with E-state index in [0.717, 1.165) is 12.1 Å². The number of halogens is 3. The maximum atomic E-state index is 13.7. The largest absolute Gasteiger partial charge is 0.399 e. The molecule has 3 N–H and O–H groups in total. The lowest BCUT2D eigenvalue weighted by Crippen LogP contribution is -2.28. The normalized spacial score (nSPS) is 12.0. The van der Waals surface area contributed by atoms with Crippen molar-refractivity contribution in [2.24, 2.45) is 0 Å². The molecule has 0 aliphatic rings. The van der Waals surface area contributed by atoms with Gasteiger partial charge >= 0.3 is 0 Å². The molecule has 0 saturated carbocycles. The number of amides is 1. The standard InChI is InChI=1S/C15H13BrF2N2O/c1-8(14-12(17)3-2-4-13(14)18)20-15(21)10-7-9(19)5-6-11(10)16/h2-8H,19H2,1H3,(H,20,21). The number of benzene rings is 2. The van der Waals surface area contributed by atoms with Crippen LogP contribution in [-0.2, 0) is 0 Å². The molecule has 0 aliphatic heterocycles. The van der Waals surface area contributed by atoms with Gasteiger partial charge in [0.2, 0.25) is 0 Å². The summed E-state index contributed by atoms with van der Waals surface area (Å²) in [5.74, 6) is -1.87. The number of carbonyl (C=O) groups excluding carboxylic acids is 1. The van der Waals surface area contributed by atoms with E-state index in [-0.39, 0.29) is 5.56 Å². The summed E-state index contributed by atoms with van der Waals surface area (Å²) >= 11 is 3.24. The molecule has 1 amide bonds. The average Bonchev–Trinajstić information content (AvgIpc) is 2.41. The first kappa shape index (κ1) is 15.4. The summed E-state index contributed by atoms with van der Waals surface area (Å²) in [5, 5.41) is 2.56. The van der Waals surface area contributed by atoms with Crippen LogP contribution < -0.4 is 11.1 Å². The van der Waals surface area contributed by atoms with E-state index in [1.165, 1.54) is 19.1 Å². The van der Waals surface area contributed by atoms with Gasteiger partial charge in [0, 0.05) is 15.7 Å². The Morgan fingerprint density at radius 2 is 1.86 bits per heavy atom. The zero-order valence-electron chi connectivity index (χ0n) is 11.2. The van der Waals surface area contributed by atoms with Crippen LogP contribution in [0.25, 0.3) is 0 Å². The molecule has 2 aromatic rings. The molecule has 0 saturated heterocycles. The van der Waals surface area contributed by atoms with Crippen molar-refractivity contribution in [2.75, 3.05) is 5.73 Å². The van der Waals surface area contributed by atoms with Crippen molar-refractivity contribution >= 4 is 27.5 Å². The SMILES string of the molecule is CC(NC(=O)c1cc(N)ccc1Br)c1c(F)cccc1F. The highest BCUT2D eigenvalue weighted by atomic mass is 79.9. The Hall–Kier alpha value is -1.95. The number of nitrogen functional groups attached to an aromatic ring is 1. The van der Waals surface area contributed by atoms with Crippen LogP contribution in [0.3, 0.4) is 0 Å². The van der Waals surface area contributed by atoms with Gasteiger partial charge in [-0.3, -0.25) is 4.79 Å². The molecule has 0 bridgehead atoms. The van der Waals surface area contributed by atoms with Crippen LogP contribution in [0, 0.1) is 11.6 Å². The Balaban J connectivity index is 2.25. The maximum Gasteiger partial charge on any atom is 0.252 e. The van der Waals surface area contributed by atoms with Crippen LogP contribution in [0.1, 0.15) is 28.9 Å². The van der Waals surface area contributed by atoms with Gasteiger partial charge in [-0.05, 0) is 53.2 Å². The molecule has 0 radical (unpaired) electrons. The number of rotatable bonds is 3. The van der Waals surface area contributed by atoms with Crippen molar-refractivity contribution in [1.82, 2.24) is 5.32 Å². The second kappa shape index (κ2) is 6.22. The summed E-state index contributed by atoms with van der Waals surface area (Å²) in [6, 6.07) is 7.53. The number of hydrogen-bond acceptors (Lipinski definition) is 2. The third-order valence-electron chi connectivity index (χ3n) is 3.02. The van der Waals surface area contributed by atoms with Crippen LogP contribution >= 0.6 is 15.9 Å². The molecule has 0 fully saturated rings.